The maximum Gasteiger partial charge on any atom is 0.334 e. The van der Waals surface area contributed by atoms with Crippen molar-refractivity contribution in [1.82, 2.24) is 5.32 Å². The van der Waals surface area contributed by atoms with Gasteiger partial charge in [0.05, 0.1) is 32.0 Å². The number of amides is 1. The van der Waals surface area contributed by atoms with Crippen LogP contribution in [0.15, 0.2) is 48.5 Å². The molecule has 2 rings (SSSR count). The zero-order chi connectivity index (χ0) is 23.4. The molecule has 1 atom stereocenters. The quantitative estimate of drug-likeness (QED) is 0.313. The van der Waals surface area contributed by atoms with E-state index in [4.69, 9.17) is 18.9 Å². The molecule has 0 aromatic heterocycles. The number of nitrogens with one attached hydrogen (secondary N) is 1. The zero-order valence-corrected chi connectivity index (χ0v) is 18.2. The molecule has 0 saturated heterocycles. The topological polar surface area (TPSA) is 124 Å². The van der Waals surface area contributed by atoms with E-state index in [1.165, 1.54) is 25.1 Å². The largest absolute Gasteiger partial charge is 0.507 e. The first-order chi connectivity index (χ1) is 15.4. The Bertz CT molecular complexity index is 874. The summed E-state index contributed by atoms with van der Waals surface area (Å²) < 4.78 is 20.8. The number of rotatable bonds is 13. The molecule has 9 nitrogen and oxygen atoms in total. The summed E-state index contributed by atoms with van der Waals surface area (Å²) in [6, 6.07) is 13.2. The monoisotopic (exact) mass is 447 g/mol. The minimum Gasteiger partial charge on any atom is -0.507 e. The molecule has 2 aromatic rings. The summed E-state index contributed by atoms with van der Waals surface area (Å²) in [6.45, 7) is 2.18. The minimum atomic E-state index is -1.69. The highest BCUT2D eigenvalue weighted by atomic mass is 16.5. The van der Waals surface area contributed by atoms with Gasteiger partial charge in [0.25, 0.3) is 5.91 Å². The Morgan fingerprint density at radius 2 is 1.75 bits per heavy atom. The van der Waals surface area contributed by atoms with Crippen LogP contribution in [0.5, 0.6) is 11.5 Å². The van der Waals surface area contributed by atoms with Crippen LogP contribution in [-0.4, -0.2) is 67.8 Å². The normalized spacial score (nSPS) is 12.6. The van der Waals surface area contributed by atoms with Gasteiger partial charge in [0, 0.05) is 13.2 Å². The second-order valence-electron chi connectivity index (χ2n) is 7.14. The molecule has 3 N–H and O–H groups in total. The van der Waals surface area contributed by atoms with Crippen molar-refractivity contribution in [3.8, 4) is 11.5 Å². The molecule has 0 bridgehead atoms. The van der Waals surface area contributed by atoms with Gasteiger partial charge in [0.1, 0.15) is 24.7 Å². The fraction of sp³-hybridized carbons (Fsp3) is 0.391. The molecule has 2 aromatic carbocycles. The Morgan fingerprint density at radius 1 is 1.03 bits per heavy atom. The van der Waals surface area contributed by atoms with Gasteiger partial charge in [-0.05, 0) is 24.6 Å². The molecule has 174 valence electrons. The number of methoxy groups -OCH3 is 1. The first kappa shape index (κ1) is 25.1. The molecule has 0 radical (unpaired) electrons. The fourth-order valence-corrected chi connectivity index (χ4v) is 2.61. The molecular weight excluding hydrogens is 418 g/mol. The number of phenols is 1. The molecule has 0 heterocycles. The van der Waals surface area contributed by atoms with Gasteiger partial charge in [-0.25, -0.2) is 4.79 Å². The van der Waals surface area contributed by atoms with E-state index in [0.29, 0.717) is 25.6 Å². The van der Waals surface area contributed by atoms with E-state index >= 15 is 0 Å². The Balaban J connectivity index is 1.93. The third-order valence-corrected chi connectivity index (χ3v) is 4.51. The van der Waals surface area contributed by atoms with Crippen molar-refractivity contribution in [1.29, 1.82) is 0 Å². The Morgan fingerprint density at radius 3 is 2.41 bits per heavy atom. The molecule has 0 aliphatic carbocycles. The number of hydrogen-bond acceptors (Lipinski definition) is 8. The lowest BCUT2D eigenvalue weighted by Crippen LogP contribution is -2.55. The SMILES string of the molecule is COCCOCCOc1ccc(C(=O)NC(C)(CO)C(=O)OCc2ccccc2)c(O)c1. The average Bonchev–Trinajstić information content (AvgIpc) is 2.80. The first-order valence-corrected chi connectivity index (χ1v) is 10.1. The number of carbonyl (C=O) groups is 2. The van der Waals surface area contributed by atoms with E-state index in [0.717, 1.165) is 5.56 Å². The molecule has 32 heavy (non-hydrogen) atoms. The van der Waals surface area contributed by atoms with Gasteiger partial charge >= 0.3 is 5.97 Å². The number of phenolic OH excluding ortho intramolecular Hbond substituents is 1. The molecule has 0 aliphatic heterocycles. The number of aliphatic hydroxyl groups excluding tert-OH is 1. The molecule has 1 unspecified atom stereocenters. The van der Waals surface area contributed by atoms with Crippen LogP contribution in [0, 0.1) is 0 Å². The van der Waals surface area contributed by atoms with Crippen LogP contribution in [0.3, 0.4) is 0 Å². The van der Waals surface area contributed by atoms with Crippen molar-refractivity contribution < 1.29 is 38.7 Å². The van der Waals surface area contributed by atoms with Crippen LogP contribution < -0.4 is 10.1 Å². The predicted octanol–water partition coefficient (Wildman–Crippen LogP) is 1.66. The Labute approximate surface area is 186 Å². The second-order valence-corrected chi connectivity index (χ2v) is 7.14. The van der Waals surface area contributed by atoms with Crippen molar-refractivity contribution in [3.05, 3.63) is 59.7 Å². The smallest absolute Gasteiger partial charge is 0.334 e. The number of benzene rings is 2. The van der Waals surface area contributed by atoms with Crippen molar-refractivity contribution in [2.45, 2.75) is 19.1 Å². The Hall–Kier alpha value is -3.14. The number of esters is 1. The lowest BCUT2D eigenvalue weighted by molar-refractivity contribution is -0.153. The highest BCUT2D eigenvalue weighted by molar-refractivity contribution is 6.00. The average molecular weight is 447 g/mol. The maximum absolute atomic E-state index is 12.6. The molecular formula is C23H29NO8. The van der Waals surface area contributed by atoms with Gasteiger partial charge < -0.3 is 34.5 Å². The third kappa shape index (κ3) is 7.52. The van der Waals surface area contributed by atoms with Crippen molar-refractivity contribution >= 4 is 11.9 Å². The van der Waals surface area contributed by atoms with Gasteiger partial charge in [0.15, 0.2) is 5.54 Å². The summed E-state index contributed by atoms with van der Waals surface area (Å²) in [5.74, 6) is -1.53. The summed E-state index contributed by atoms with van der Waals surface area (Å²) in [7, 11) is 1.58. The molecule has 0 spiro atoms. The standard InChI is InChI=1S/C23H29NO8/c1-23(16-25,22(28)32-15-17-6-4-3-5-7-17)24-21(27)19-9-8-18(14-20(19)26)31-13-12-30-11-10-29-2/h3-9,14,25-26H,10-13,15-16H2,1-2H3,(H,24,27). The third-order valence-electron chi connectivity index (χ3n) is 4.51. The van der Waals surface area contributed by atoms with Crippen LogP contribution in [0.4, 0.5) is 0 Å². The van der Waals surface area contributed by atoms with Crippen molar-refractivity contribution in [3.63, 3.8) is 0 Å². The van der Waals surface area contributed by atoms with Crippen LogP contribution in [0.1, 0.15) is 22.8 Å². The molecule has 0 saturated carbocycles. The van der Waals surface area contributed by atoms with Gasteiger partial charge in [-0.2, -0.15) is 0 Å². The Kier molecular flexibility index (Phi) is 9.93. The minimum absolute atomic E-state index is 0.00238. The molecule has 0 aliphatic rings. The maximum atomic E-state index is 12.6. The number of aliphatic hydroxyl groups is 1. The van der Waals surface area contributed by atoms with E-state index in [-0.39, 0.29) is 24.5 Å². The lowest BCUT2D eigenvalue weighted by atomic mass is 10.0. The summed E-state index contributed by atoms with van der Waals surface area (Å²) in [6.07, 6.45) is 0. The molecule has 0 fully saturated rings. The van der Waals surface area contributed by atoms with Gasteiger partial charge in [0.2, 0.25) is 0 Å². The van der Waals surface area contributed by atoms with E-state index in [2.05, 4.69) is 5.32 Å². The fourth-order valence-electron chi connectivity index (χ4n) is 2.61. The summed E-state index contributed by atoms with van der Waals surface area (Å²) in [5.41, 5.74) is -0.999. The van der Waals surface area contributed by atoms with Gasteiger partial charge in [-0.15, -0.1) is 0 Å². The van der Waals surface area contributed by atoms with Crippen LogP contribution >= 0.6 is 0 Å². The highest BCUT2D eigenvalue weighted by Gasteiger charge is 2.37. The summed E-state index contributed by atoms with van der Waals surface area (Å²) in [4.78, 5) is 25.1. The second kappa shape index (κ2) is 12.7. The lowest BCUT2D eigenvalue weighted by Gasteiger charge is -2.26. The van der Waals surface area contributed by atoms with E-state index in [1.54, 1.807) is 31.4 Å². The molecule has 9 heteroatoms. The van der Waals surface area contributed by atoms with E-state index < -0.39 is 24.0 Å². The van der Waals surface area contributed by atoms with E-state index in [9.17, 15) is 19.8 Å². The zero-order valence-electron chi connectivity index (χ0n) is 18.2. The van der Waals surface area contributed by atoms with E-state index in [1.807, 2.05) is 6.07 Å². The number of aromatic hydroxyl groups is 1. The van der Waals surface area contributed by atoms with Gasteiger partial charge in [-0.1, -0.05) is 30.3 Å². The van der Waals surface area contributed by atoms with Crippen LogP contribution in [-0.2, 0) is 25.6 Å². The summed E-state index contributed by atoms with van der Waals surface area (Å²) >= 11 is 0. The predicted molar refractivity (Wildman–Crippen MR) is 115 cm³/mol. The first-order valence-electron chi connectivity index (χ1n) is 10.1. The molecule has 1 amide bonds. The number of carbonyl (C=O) groups excluding carboxylic acids is 2. The number of ether oxygens (including phenoxy) is 4. The van der Waals surface area contributed by atoms with Crippen LogP contribution in [0.2, 0.25) is 0 Å². The van der Waals surface area contributed by atoms with Crippen molar-refractivity contribution in [2.24, 2.45) is 0 Å². The highest BCUT2D eigenvalue weighted by Crippen LogP contribution is 2.24. The van der Waals surface area contributed by atoms with Gasteiger partial charge in [-0.3, -0.25) is 4.79 Å². The van der Waals surface area contributed by atoms with Crippen LogP contribution in [0.25, 0.3) is 0 Å². The van der Waals surface area contributed by atoms with Crippen molar-refractivity contribution in [2.75, 3.05) is 40.1 Å². The summed E-state index contributed by atoms with van der Waals surface area (Å²) in [5, 5.41) is 22.4. The number of hydrogen-bond donors (Lipinski definition) is 3.